The summed E-state index contributed by atoms with van der Waals surface area (Å²) < 4.78 is 0. The zero-order chi connectivity index (χ0) is 9.76. The van der Waals surface area contributed by atoms with Gasteiger partial charge in [0, 0.05) is 6.54 Å². The topological polar surface area (TPSA) is 3.24 Å². The van der Waals surface area contributed by atoms with Gasteiger partial charge in [0.25, 0.3) is 0 Å². The van der Waals surface area contributed by atoms with E-state index >= 15 is 0 Å². The summed E-state index contributed by atoms with van der Waals surface area (Å²) in [5.74, 6) is 0. The molecule has 0 spiro atoms. The molecule has 0 fully saturated rings. The van der Waals surface area contributed by atoms with E-state index in [1.807, 2.05) is 0 Å². The molecule has 14 heavy (non-hydrogen) atoms. The van der Waals surface area contributed by atoms with Crippen molar-refractivity contribution >= 4 is 12.6 Å². The Morgan fingerprint density at radius 2 is 2.00 bits per heavy atom. The normalized spacial score (nSPS) is 30.4. The summed E-state index contributed by atoms with van der Waals surface area (Å²) in [5, 5.41) is 0. The first-order valence-electron chi connectivity index (χ1n) is 5.27. The third-order valence-electron chi connectivity index (χ3n) is 3.73. The molecule has 0 saturated heterocycles. The van der Waals surface area contributed by atoms with E-state index < -0.39 is 0 Å². The van der Waals surface area contributed by atoms with Crippen molar-refractivity contribution in [3.63, 3.8) is 0 Å². The fraction of sp³-hybridized carbons (Fsp3) is 0.500. The third kappa shape index (κ3) is 0.958. The number of nitrogens with zero attached hydrogens (tertiary/aromatic N) is 1. The number of benzene rings is 1. The summed E-state index contributed by atoms with van der Waals surface area (Å²) in [5.41, 5.74) is 4.55. The fourth-order valence-corrected chi connectivity index (χ4v) is 3.37. The van der Waals surface area contributed by atoms with Gasteiger partial charge in [-0.1, -0.05) is 18.2 Å². The van der Waals surface area contributed by atoms with Gasteiger partial charge in [0.1, 0.15) is 0 Å². The first kappa shape index (κ1) is 8.81. The second-order valence-electron chi connectivity index (χ2n) is 4.44. The van der Waals surface area contributed by atoms with E-state index in [9.17, 15) is 0 Å². The van der Waals surface area contributed by atoms with Gasteiger partial charge in [-0.25, -0.2) is 0 Å². The van der Waals surface area contributed by atoms with Gasteiger partial charge >= 0.3 is 0 Å². The molecule has 1 heterocycles. The van der Waals surface area contributed by atoms with Gasteiger partial charge < -0.3 is 0 Å². The molecule has 0 saturated carbocycles. The van der Waals surface area contributed by atoms with Gasteiger partial charge in [-0.3, -0.25) is 4.90 Å². The molecule has 1 aliphatic carbocycles. The van der Waals surface area contributed by atoms with Crippen LogP contribution in [-0.4, -0.2) is 18.5 Å². The van der Waals surface area contributed by atoms with Crippen molar-refractivity contribution in [3.05, 3.63) is 34.9 Å². The maximum atomic E-state index is 4.90. The van der Waals surface area contributed by atoms with E-state index in [0.29, 0.717) is 0 Å². The van der Waals surface area contributed by atoms with Gasteiger partial charge in [0.15, 0.2) is 0 Å². The van der Waals surface area contributed by atoms with Crippen LogP contribution in [-0.2, 0) is 17.7 Å². The van der Waals surface area contributed by atoms with Crippen LogP contribution in [0.5, 0.6) is 0 Å². The highest BCUT2D eigenvalue weighted by Gasteiger charge is 2.42. The SMILES string of the molecule is CN1CCc2cccc3c2C1(S)CC3. The monoisotopic (exact) mass is 205 g/mol. The lowest BCUT2D eigenvalue weighted by Crippen LogP contribution is -2.42. The lowest BCUT2D eigenvalue weighted by molar-refractivity contribution is 0.200. The minimum absolute atomic E-state index is 0.0319. The van der Waals surface area contributed by atoms with Crippen LogP contribution in [0.25, 0.3) is 0 Å². The first-order chi connectivity index (χ1) is 6.72. The molecule has 0 aromatic heterocycles. The van der Waals surface area contributed by atoms with Crippen LogP contribution in [0.2, 0.25) is 0 Å². The van der Waals surface area contributed by atoms with E-state index in [0.717, 1.165) is 6.54 Å². The van der Waals surface area contributed by atoms with Crippen LogP contribution in [0, 0.1) is 0 Å². The molecular formula is C12H15NS. The van der Waals surface area contributed by atoms with E-state index in [2.05, 4.69) is 30.1 Å². The molecule has 2 heteroatoms. The Morgan fingerprint density at radius 1 is 1.29 bits per heavy atom. The first-order valence-corrected chi connectivity index (χ1v) is 5.71. The molecule has 1 aliphatic heterocycles. The highest BCUT2D eigenvalue weighted by molar-refractivity contribution is 7.81. The second-order valence-corrected chi connectivity index (χ2v) is 5.18. The van der Waals surface area contributed by atoms with Crippen molar-refractivity contribution < 1.29 is 0 Å². The van der Waals surface area contributed by atoms with E-state index in [-0.39, 0.29) is 4.87 Å². The van der Waals surface area contributed by atoms with Crippen LogP contribution in [0.15, 0.2) is 18.2 Å². The highest BCUT2D eigenvalue weighted by atomic mass is 32.1. The Labute approximate surface area is 90.5 Å². The van der Waals surface area contributed by atoms with E-state index in [4.69, 9.17) is 12.6 Å². The molecule has 1 atom stereocenters. The quantitative estimate of drug-likeness (QED) is 0.636. The second kappa shape index (κ2) is 2.77. The maximum Gasteiger partial charge on any atom is 0.0903 e. The number of likely N-dealkylation sites (N-methyl/N-ethyl adjacent to an activating group) is 1. The Morgan fingerprint density at radius 3 is 2.79 bits per heavy atom. The smallest absolute Gasteiger partial charge is 0.0903 e. The molecule has 74 valence electrons. The lowest BCUT2D eigenvalue weighted by atomic mass is 9.93. The number of thiol groups is 1. The van der Waals surface area contributed by atoms with Crippen molar-refractivity contribution in [3.8, 4) is 0 Å². The predicted octanol–water partition coefficient (Wildman–Crippen LogP) is 2.20. The highest BCUT2D eigenvalue weighted by Crippen LogP contribution is 2.47. The Kier molecular flexibility index (Phi) is 1.74. The van der Waals surface area contributed by atoms with Gasteiger partial charge in [-0.2, -0.15) is 12.6 Å². The summed E-state index contributed by atoms with van der Waals surface area (Å²) >= 11 is 4.90. The lowest BCUT2D eigenvalue weighted by Gasteiger charge is -2.40. The average molecular weight is 205 g/mol. The molecule has 3 rings (SSSR count). The zero-order valence-electron chi connectivity index (χ0n) is 8.45. The van der Waals surface area contributed by atoms with Crippen LogP contribution < -0.4 is 0 Å². The Balaban J connectivity index is 2.26. The predicted molar refractivity (Wildman–Crippen MR) is 61.8 cm³/mol. The summed E-state index contributed by atoms with van der Waals surface area (Å²) in [6.45, 7) is 1.14. The zero-order valence-corrected chi connectivity index (χ0v) is 9.35. The molecule has 0 bridgehead atoms. The standard InChI is InChI=1S/C12H15NS/c1-13-8-6-10-4-2-3-9-5-7-12(13,14)11(9)10/h2-4,14H,5-8H2,1H3. The van der Waals surface area contributed by atoms with Crippen molar-refractivity contribution in [2.24, 2.45) is 0 Å². The number of rotatable bonds is 0. The van der Waals surface area contributed by atoms with Crippen molar-refractivity contribution in [2.75, 3.05) is 13.6 Å². The molecule has 1 aromatic carbocycles. The summed E-state index contributed by atoms with van der Waals surface area (Å²) in [6, 6.07) is 6.72. The Hall–Kier alpha value is -0.470. The fourth-order valence-electron chi connectivity index (χ4n) is 2.87. The number of hydrogen-bond donors (Lipinski definition) is 1. The maximum absolute atomic E-state index is 4.90. The molecule has 0 radical (unpaired) electrons. The van der Waals surface area contributed by atoms with Crippen molar-refractivity contribution in [2.45, 2.75) is 24.1 Å². The summed E-state index contributed by atoms with van der Waals surface area (Å²) in [7, 11) is 2.19. The molecular weight excluding hydrogens is 190 g/mol. The van der Waals surface area contributed by atoms with Crippen LogP contribution >= 0.6 is 12.6 Å². The molecule has 0 amide bonds. The van der Waals surface area contributed by atoms with Gasteiger partial charge in [0.05, 0.1) is 4.87 Å². The molecule has 1 aromatic rings. The molecule has 1 nitrogen and oxygen atoms in total. The van der Waals surface area contributed by atoms with Crippen LogP contribution in [0.4, 0.5) is 0 Å². The van der Waals surface area contributed by atoms with Gasteiger partial charge in [-0.05, 0) is 43.0 Å². The minimum atomic E-state index is 0.0319. The minimum Gasteiger partial charge on any atom is -0.288 e. The van der Waals surface area contributed by atoms with Crippen LogP contribution in [0.3, 0.4) is 0 Å². The third-order valence-corrected chi connectivity index (χ3v) is 4.52. The van der Waals surface area contributed by atoms with E-state index in [1.54, 1.807) is 0 Å². The largest absolute Gasteiger partial charge is 0.288 e. The van der Waals surface area contributed by atoms with Crippen molar-refractivity contribution in [1.82, 2.24) is 4.90 Å². The summed E-state index contributed by atoms with van der Waals surface area (Å²) in [4.78, 5) is 2.43. The van der Waals surface area contributed by atoms with Gasteiger partial charge in [-0.15, -0.1) is 0 Å². The summed E-state index contributed by atoms with van der Waals surface area (Å²) in [6.07, 6.45) is 3.54. The molecule has 1 unspecified atom stereocenters. The Bertz CT molecular complexity index is 388. The van der Waals surface area contributed by atoms with Gasteiger partial charge in [0.2, 0.25) is 0 Å². The van der Waals surface area contributed by atoms with Crippen molar-refractivity contribution in [1.29, 1.82) is 0 Å². The van der Waals surface area contributed by atoms with Crippen LogP contribution in [0.1, 0.15) is 23.1 Å². The average Bonchev–Trinajstić information content (AvgIpc) is 2.54. The van der Waals surface area contributed by atoms with E-state index in [1.165, 1.54) is 36.0 Å². The molecule has 2 aliphatic rings. The molecule has 0 N–H and O–H groups in total. The number of aryl methyl sites for hydroxylation is 1. The number of hydrogen-bond acceptors (Lipinski definition) is 2.